The molecule has 1 heterocycles. The number of thioether (sulfide) groups is 1. The van der Waals surface area contributed by atoms with Crippen LogP contribution < -0.4 is 10.6 Å². The molecule has 1 saturated carbocycles. The maximum absolute atomic E-state index is 13.3. The van der Waals surface area contributed by atoms with Gasteiger partial charge in [-0.15, -0.1) is 11.3 Å². The molecule has 1 aromatic carbocycles. The Kier molecular flexibility index (Phi) is 7.98. The lowest BCUT2D eigenvalue weighted by atomic mass is 9.80. The summed E-state index contributed by atoms with van der Waals surface area (Å²) in [6.07, 6.45) is 7.25. The Morgan fingerprint density at radius 3 is 2.69 bits per heavy atom. The molecule has 1 aromatic heterocycles. The standard InChI is InChI=1S/C22H30N2O3S2/c1-27-15-17(10-13-28-2)23-21(26)22(11-6-3-7-12-22)24-20(25)19-14-16-8-4-5-9-18(16)29-19/h4-5,8-9,14,17H,3,6-7,10-13,15H2,1-2H3,(H,23,26)(H,24,25)/t17-/m0/s1. The van der Waals surface area contributed by atoms with Gasteiger partial charge in [0.05, 0.1) is 17.5 Å². The van der Waals surface area contributed by atoms with Crippen LogP contribution in [0.4, 0.5) is 0 Å². The monoisotopic (exact) mass is 434 g/mol. The zero-order valence-corrected chi connectivity index (χ0v) is 18.8. The number of ether oxygens (including phenoxy) is 1. The van der Waals surface area contributed by atoms with Crippen LogP contribution in [0.15, 0.2) is 30.3 Å². The number of rotatable bonds is 9. The highest BCUT2D eigenvalue weighted by Crippen LogP contribution is 2.31. The molecule has 7 heteroatoms. The van der Waals surface area contributed by atoms with Crippen LogP contribution in [0, 0.1) is 0 Å². The Balaban J connectivity index is 1.76. The Bertz CT molecular complexity index is 797. The van der Waals surface area contributed by atoms with Crippen LogP contribution in [0.1, 0.15) is 48.2 Å². The number of amides is 2. The highest BCUT2D eigenvalue weighted by atomic mass is 32.2. The molecular weight excluding hydrogens is 404 g/mol. The molecule has 5 nitrogen and oxygen atoms in total. The molecule has 0 spiro atoms. The van der Waals surface area contributed by atoms with Crippen molar-refractivity contribution in [2.45, 2.75) is 50.1 Å². The number of carbonyl (C=O) groups excluding carboxylic acids is 2. The average Bonchev–Trinajstić information content (AvgIpc) is 3.17. The van der Waals surface area contributed by atoms with Crippen LogP contribution in [0.5, 0.6) is 0 Å². The van der Waals surface area contributed by atoms with E-state index in [1.165, 1.54) is 11.3 Å². The van der Waals surface area contributed by atoms with Crippen molar-refractivity contribution in [3.05, 3.63) is 35.2 Å². The first-order valence-electron chi connectivity index (χ1n) is 10.2. The second kappa shape index (κ2) is 10.5. The lowest BCUT2D eigenvalue weighted by molar-refractivity contribution is -0.129. The van der Waals surface area contributed by atoms with Crippen molar-refractivity contribution in [3.8, 4) is 0 Å². The number of hydrogen-bond donors (Lipinski definition) is 2. The van der Waals surface area contributed by atoms with Gasteiger partial charge in [0, 0.05) is 11.8 Å². The van der Waals surface area contributed by atoms with Crippen LogP contribution >= 0.6 is 23.1 Å². The summed E-state index contributed by atoms with van der Waals surface area (Å²) in [6.45, 7) is 0.479. The molecule has 0 bridgehead atoms. The summed E-state index contributed by atoms with van der Waals surface area (Å²) >= 11 is 3.22. The highest BCUT2D eigenvalue weighted by molar-refractivity contribution is 7.98. The van der Waals surface area contributed by atoms with Gasteiger partial charge in [-0.3, -0.25) is 9.59 Å². The maximum Gasteiger partial charge on any atom is 0.262 e. The molecule has 0 unspecified atom stereocenters. The first-order valence-corrected chi connectivity index (χ1v) is 12.4. The summed E-state index contributed by atoms with van der Waals surface area (Å²) in [6, 6.07) is 9.84. The van der Waals surface area contributed by atoms with Crippen LogP contribution in [0.2, 0.25) is 0 Å². The number of methoxy groups -OCH3 is 1. The molecule has 29 heavy (non-hydrogen) atoms. The third-order valence-corrected chi connectivity index (χ3v) is 7.28. The average molecular weight is 435 g/mol. The van der Waals surface area contributed by atoms with Crippen molar-refractivity contribution >= 4 is 45.0 Å². The number of fused-ring (bicyclic) bond motifs is 1. The smallest absolute Gasteiger partial charge is 0.262 e. The van der Waals surface area contributed by atoms with Crippen molar-refractivity contribution < 1.29 is 14.3 Å². The third kappa shape index (κ3) is 5.53. The SMILES string of the molecule is COC[C@H](CCSC)NC(=O)C1(NC(=O)c2cc3ccccc3s2)CCCCC1. The normalized spacial score (nSPS) is 17.0. The molecule has 0 saturated heterocycles. The third-order valence-electron chi connectivity index (χ3n) is 5.52. The van der Waals surface area contributed by atoms with Crippen molar-refractivity contribution in [2.75, 3.05) is 25.7 Å². The number of carbonyl (C=O) groups is 2. The second-order valence-electron chi connectivity index (χ2n) is 7.65. The van der Waals surface area contributed by atoms with E-state index in [9.17, 15) is 9.59 Å². The van der Waals surface area contributed by atoms with Gasteiger partial charge in [0.25, 0.3) is 5.91 Å². The fourth-order valence-corrected chi connectivity index (χ4v) is 5.40. The van der Waals surface area contributed by atoms with Gasteiger partial charge in [-0.05, 0) is 48.8 Å². The molecule has 1 fully saturated rings. The second-order valence-corrected chi connectivity index (χ2v) is 9.72. The van der Waals surface area contributed by atoms with Gasteiger partial charge < -0.3 is 15.4 Å². The van der Waals surface area contributed by atoms with Gasteiger partial charge in [0.2, 0.25) is 5.91 Å². The lowest BCUT2D eigenvalue weighted by Crippen LogP contribution is -2.61. The van der Waals surface area contributed by atoms with E-state index in [2.05, 4.69) is 16.9 Å². The molecule has 2 amide bonds. The van der Waals surface area contributed by atoms with E-state index < -0.39 is 5.54 Å². The van der Waals surface area contributed by atoms with E-state index in [0.29, 0.717) is 24.3 Å². The molecule has 1 atom stereocenters. The predicted molar refractivity (Wildman–Crippen MR) is 122 cm³/mol. The summed E-state index contributed by atoms with van der Waals surface area (Å²) in [5.41, 5.74) is -0.836. The van der Waals surface area contributed by atoms with Crippen LogP contribution in [-0.4, -0.2) is 49.1 Å². The van der Waals surface area contributed by atoms with E-state index in [0.717, 1.165) is 41.5 Å². The molecule has 2 N–H and O–H groups in total. The largest absolute Gasteiger partial charge is 0.383 e. The summed E-state index contributed by atoms with van der Waals surface area (Å²) in [5, 5.41) is 7.34. The van der Waals surface area contributed by atoms with E-state index >= 15 is 0 Å². The Hall–Kier alpha value is -1.57. The summed E-state index contributed by atoms with van der Waals surface area (Å²) < 4.78 is 6.38. The molecule has 1 aliphatic rings. The van der Waals surface area contributed by atoms with Gasteiger partial charge in [-0.2, -0.15) is 11.8 Å². The fourth-order valence-electron chi connectivity index (χ4n) is 3.92. The van der Waals surface area contributed by atoms with Gasteiger partial charge in [0.15, 0.2) is 0 Å². The molecule has 1 aliphatic carbocycles. The van der Waals surface area contributed by atoms with E-state index in [4.69, 9.17) is 4.74 Å². The molecule has 3 rings (SSSR count). The van der Waals surface area contributed by atoms with Crippen molar-refractivity contribution in [2.24, 2.45) is 0 Å². The van der Waals surface area contributed by atoms with E-state index in [1.807, 2.05) is 30.3 Å². The zero-order chi connectivity index (χ0) is 20.7. The first kappa shape index (κ1) is 22.1. The lowest BCUT2D eigenvalue weighted by Gasteiger charge is -2.37. The van der Waals surface area contributed by atoms with Gasteiger partial charge in [0.1, 0.15) is 5.54 Å². The van der Waals surface area contributed by atoms with Gasteiger partial charge in [-0.25, -0.2) is 0 Å². The number of thiophene rings is 1. The minimum Gasteiger partial charge on any atom is -0.383 e. The summed E-state index contributed by atoms with van der Waals surface area (Å²) in [4.78, 5) is 27.0. The number of benzene rings is 1. The zero-order valence-electron chi connectivity index (χ0n) is 17.2. The van der Waals surface area contributed by atoms with Crippen LogP contribution in [0.25, 0.3) is 10.1 Å². The summed E-state index contributed by atoms with van der Waals surface area (Å²) in [5.74, 6) is 0.723. The Morgan fingerprint density at radius 1 is 1.24 bits per heavy atom. The molecule has 0 radical (unpaired) electrons. The van der Waals surface area contributed by atoms with Crippen LogP contribution in [0.3, 0.4) is 0 Å². The van der Waals surface area contributed by atoms with E-state index in [-0.39, 0.29) is 17.9 Å². The number of hydrogen-bond acceptors (Lipinski definition) is 5. The molecule has 2 aromatic rings. The minimum absolute atomic E-state index is 0.0417. The number of nitrogens with one attached hydrogen (secondary N) is 2. The molecule has 158 valence electrons. The predicted octanol–water partition coefficient (Wildman–Crippen LogP) is 4.22. The Labute approximate surface area is 181 Å². The van der Waals surface area contributed by atoms with Crippen molar-refractivity contribution in [1.82, 2.24) is 10.6 Å². The van der Waals surface area contributed by atoms with Crippen LogP contribution in [-0.2, 0) is 9.53 Å². The topological polar surface area (TPSA) is 67.4 Å². The molecular formula is C22H30N2O3S2. The van der Waals surface area contributed by atoms with E-state index in [1.54, 1.807) is 18.9 Å². The van der Waals surface area contributed by atoms with Crippen molar-refractivity contribution in [3.63, 3.8) is 0 Å². The first-order chi connectivity index (χ1) is 14.1. The summed E-state index contributed by atoms with van der Waals surface area (Å²) in [7, 11) is 1.65. The quantitative estimate of drug-likeness (QED) is 0.620. The fraction of sp³-hybridized carbons (Fsp3) is 0.545. The maximum atomic E-state index is 13.3. The van der Waals surface area contributed by atoms with Gasteiger partial charge in [-0.1, -0.05) is 37.5 Å². The van der Waals surface area contributed by atoms with Crippen molar-refractivity contribution in [1.29, 1.82) is 0 Å². The minimum atomic E-state index is -0.836. The van der Waals surface area contributed by atoms with Gasteiger partial charge >= 0.3 is 0 Å². The Morgan fingerprint density at radius 2 is 2.00 bits per heavy atom. The molecule has 0 aliphatic heterocycles. The highest BCUT2D eigenvalue weighted by Gasteiger charge is 2.41.